The Hall–Kier alpha value is -2.12. The van der Waals surface area contributed by atoms with Crippen LogP contribution in [0.4, 0.5) is 11.4 Å². The maximum Gasteiger partial charge on any atom is 0.293 e. The number of amides is 1. The molecule has 0 bridgehead atoms. The summed E-state index contributed by atoms with van der Waals surface area (Å²) >= 11 is 9.15. The zero-order valence-corrected chi connectivity index (χ0v) is 15.2. The van der Waals surface area contributed by atoms with E-state index < -0.39 is 16.9 Å². The standard InChI is InChI=1S/C16H14BrClN2O4/c1-9-3-5-13(14(7-9)20(22)23)19-16(21)10(2)24-15-6-4-11(18)8-12(15)17/h3-8,10H,1-2H3,(H,19,21). The lowest BCUT2D eigenvalue weighted by molar-refractivity contribution is -0.384. The van der Waals surface area contributed by atoms with Gasteiger partial charge in [-0.1, -0.05) is 17.7 Å². The highest BCUT2D eigenvalue weighted by atomic mass is 79.9. The summed E-state index contributed by atoms with van der Waals surface area (Å²) in [5, 5.41) is 14.1. The van der Waals surface area contributed by atoms with Crippen molar-refractivity contribution in [1.82, 2.24) is 0 Å². The van der Waals surface area contributed by atoms with Crippen LogP contribution in [0.1, 0.15) is 12.5 Å². The fourth-order valence-electron chi connectivity index (χ4n) is 1.95. The Morgan fingerprint density at radius 1 is 1.33 bits per heavy atom. The number of nitrogens with zero attached hydrogens (tertiary/aromatic N) is 1. The number of ether oxygens (including phenoxy) is 1. The molecule has 0 saturated heterocycles. The summed E-state index contributed by atoms with van der Waals surface area (Å²) in [5.41, 5.74) is 0.693. The summed E-state index contributed by atoms with van der Waals surface area (Å²) in [6.07, 6.45) is -0.858. The van der Waals surface area contributed by atoms with Crippen molar-refractivity contribution in [3.05, 3.63) is 61.6 Å². The number of rotatable bonds is 5. The minimum Gasteiger partial charge on any atom is -0.480 e. The summed E-state index contributed by atoms with van der Waals surface area (Å²) in [6.45, 7) is 3.29. The molecule has 2 aromatic carbocycles. The first kappa shape index (κ1) is 18.2. The topological polar surface area (TPSA) is 81.5 Å². The van der Waals surface area contributed by atoms with Crippen LogP contribution in [-0.2, 0) is 4.79 Å². The molecule has 1 atom stereocenters. The van der Waals surface area contributed by atoms with Gasteiger partial charge in [0.05, 0.1) is 9.40 Å². The molecule has 0 radical (unpaired) electrons. The Morgan fingerprint density at radius 2 is 2.04 bits per heavy atom. The molecule has 24 heavy (non-hydrogen) atoms. The highest BCUT2D eigenvalue weighted by Crippen LogP contribution is 2.29. The van der Waals surface area contributed by atoms with E-state index in [4.69, 9.17) is 16.3 Å². The average molecular weight is 414 g/mol. The Kier molecular flexibility index (Phi) is 5.80. The molecule has 0 saturated carbocycles. The van der Waals surface area contributed by atoms with Gasteiger partial charge in [0.25, 0.3) is 11.6 Å². The molecule has 126 valence electrons. The van der Waals surface area contributed by atoms with Crippen LogP contribution < -0.4 is 10.1 Å². The van der Waals surface area contributed by atoms with Crippen LogP contribution in [-0.4, -0.2) is 16.9 Å². The normalized spacial score (nSPS) is 11.7. The van der Waals surface area contributed by atoms with Gasteiger partial charge in [-0.3, -0.25) is 14.9 Å². The van der Waals surface area contributed by atoms with E-state index in [0.29, 0.717) is 15.2 Å². The summed E-state index contributed by atoms with van der Waals surface area (Å²) in [6, 6.07) is 9.49. The number of aryl methyl sites for hydroxylation is 1. The molecule has 0 fully saturated rings. The maximum atomic E-state index is 12.3. The first-order valence-electron chi connectivity index (χ1n) is 6.95. The Morgan fingerprint density at radius 3 is 2.67 bits per heavy atom. The molecule has 1 N–H and O–H groups in total. The highest BCUT2D eigenvalue weighted by molar-refractivity contribution is 9.10. The van der Waals surface area contributed by atoms with Crippen molar-refractivity contribution >= 4 is 44.8 Å². The smallest absolute Gasteiger partial charge is 0.293 e. The van der Waals surface area contributed by atoms with Gasteiger partial charge in [0.15, 0.2) is 6.10 Å². The summed E-state index contributed by atoms with van der Waals surface area (Å²) in [4.78, 5) is 22.8. The summed E-state index contributed by atoms with van der Waals surface area (Å²) < 4.78 is 6.18. The van der Waals surface area contributed by atoms with E-state index in [1.807, 2.05) is 0 Å². The molecule has 0 heterocycles. The molecular formula is C16H14BrClN2O4. The number of benzene rings is 2. The fourth-order valence-corrected chi connectivity index (χ4v) is 2.72. The second-order valence-electron chi connectivity index (χ2n) is 5.10. The van der Waals surface area contributed by atoms with Crippen molar-refractivity contribution in [3.63, 3.8) is 0 Å². The number of nitro benzene ring substituents is 1. The number of nitro groups is 1. The number of hydrogen-bond acceptors (Lipinski definition) is 4. The number of nitrogens with one attached hydrogen (secondary N) is 1. The van der Waals surface area contributed by atoms with Crippen molar-refractivity contribution < 1.29 is 14.5 Å². The molecular weight excluding hydrogens is 400 g/mol. The molecule has 1 unspecified atom stereocenters. The largest absolute Gasteiger partial charge is 0.480 e. The second kappa shape index (κ2) is 7.63. The van der Waals surface area contributed by atoms with Crippen molar-refractivity contribution in [2.75, 3.05) is 5.32 Å². The third-order valence-corrected chi connectivity index (χ3v) is 4.03. The SMILES string of the molecule is Cc1ccc(NC(=O)C(C)Oc2ccc(Cl)cc2Br)c([N+](=O)[O-])c1. The number of halogens is 2. The van der Waals surface area contributed by atoms with E-state index in [1.54, 1.807) is 38.1 Å². The van der Waals surface area contributed by atoms with Gasteiger partial charge in [-0.25, -0.2) is 0 Å². The van der Waals surface area contributed by atoms with E-state index in [0.717, 1.165) is 5.56 Å². The fraction of sp³-hybridized carbons (Fsp3) is 0.188. The molecule has 2 aromatic rings. The van der Waals surface area contributed by atoms with Crippen LogP contribution in [0, 0.1) is 17.0 Å². The molecule has 0 aliphatic heterocycles. The van der Waals surface area contributed by atoms with Crippen LogP contribution in [0.15, 0.2) is 40.9 Å². The monoisotopic (exact) mass is 412 g/mol. The molecule has 8 heteroatoms. The van der Waals surface area contributed by atoms with Crippen LogP contribution >= 0.6 is 27.5 Å². The highest BCUT2D eigenvalue weighted by Gasteiger charge is 2.21. The van der Waals surface area contributed by atoms with Crippen molar-refractivity contribution in [3.8, 4) is 5.75 Å². The van der Waals surface area contributed by atoms with Gasteiger partial charge < -0.3 is 10.1 Å². The molecule has 6 nitrogen and oxygen atoms in total. The molecule has 0 spiro atoms. The van der Waals surface area contributed by atoms with Crippen molar-refractivity contribution in [2.24, 2.45) is 0 Å². The maximum absolute atomic E-state index is 12.3. The lowest BCUT2D eigenvalue weighted by Gasteiger charge is -2.16. The van der Waals surface area contributed by atoms with Gasteiger partial charge in [-0.05, 0) is 59.6 Å². The number of anilines is 1. The first-order chi connectivity index (χ1) is 11.3. The quantitative estimate of drug-likeness (QED) is 0.568. The minimum atomic E-state index is -0.858. The first-order valence-corrected chi connectivity index (χ1v) is 8.12. The van der Waals surface area contributed by atoms with Gasteiger partial charge in [0.1, 0.15) is 11.4 Å². The van der Waals surface area contributed by atoms with Crippen molar-refractivity contribution in [2.45, 2.75) is 20.0 Å². The molecule has 0 aliphatic rings. The Labute approximate surface area is 152 Å². The van der Waals surface area contributed by atoms with Gasteiger partial charge in [-0.2, -0.15) is 0 Å². The van der Waals surface area contributed by atoms with E-state index in [-0.39, 0.29) is 11.4 Å². The lowest BCUT2D eigenvalue weighted by atomic mass is 10.2. The van der Waals surface area contributed by atoms with Crippen LogP contribution in [0.5, 0.6) is 5.75 Å². The molecule has 0 aromatic heterocycles. The zero-order chi connectivity index (χ0) is 17.9. The minimum absolute atomic E-state index is 0.126. The average Bonchev–Trinajstić information content (AvgIpc) is 2.51. The Balaban J connectivity index is 2.13. The number of carbonyl (C=O) groups is 1. The molecule has 1 amide bonds. The third-order valence-electron chi connectivity index (χ3n) is 3.17. The second-order valence-corrected chi connectivity index (χ2v) is 6.39. The number of hydrogen-bond donors (Lipinski definition) is 1. The van der Waals surface area contributed by atoms with Crippen LogP contribution in [0.3, 0.4) is 0 Å². The predicted octanol–water partition coefficient (Wildman–Crippen LogP) is 4.73. The van der Waals surface area contributed by atoms with Gasteiger partial charge in [-0.15, -0.1) is 0 Å². The van der Waals surface area contributed by atoms with E-state index in [2.05, 4.69) is 21.2 Å². The molecule has 2 rings (SSSR count). The third kappa shape index (κ3) is 4.46. The lowest BCUT2D eigenvalue weighted by Crippen LogP contribution is -2.30. The zero-order valence-electron chi connectivity index (χ0n) is 12.9. The molecule has 0 aliphatic carbocycles. The summed E-state index contributed by atoms with van der Waals surface area (Å²) in [7, 11) is 0. The van der Waals surface area contributed by atoms with Gasteiger partial charge in [0.2, 0.25) is 0 Å². The van der Waals surface area contributed by atoms with Crippen molar-refractivity contribution in [1.29, 1.82) is 0 Å². The van der Waals surface area contributed by atoms with E-state index in [9.17, 15) is 14.9 Å². The Bertz CT molecular complexity index is 798. The van der Waals surface area contributed by atoms with Crippen LogP contribution in [0.2, 0.25) is 5.02 Å². The summed E-state index contributed by atoms with van der Waals surface area (Å²) in [5.74, 6) is -0.0516. The number of carbonyl (C=O) groups excluding carboxylic acids is 1. The van der Waals surface area contributed by atoms with E-state index in [1.165, 1.54) is 12.1 Å². The van der Waals surface area contributed by atoms with Gasteiger partial charge in [0, 0.05) is 11.1 Å². The van der Waals surface area contributed by atoms with Crippen LogP contribution in [0.25, 0.3) is 0 Å². The predicted molar refractivity (Wildman–Crippen MR) is 95.7 cm³/mol. The van der Waals surface area contributed by atoms with Gasteiger partial charge >= 0.3 is 0 Å². The van der Waals surface area contributed by atoms with E-state index >= 15 is 0 Å².